The molecule has 0 aliphatic carbocycles. The van der Waals surface area contributed by atoms with Crippen molar-refractivity contribution < 1.29 is 19.1 Å². The topological polar surface area (TPSA) is 100 Å². The predicted octanol–water partition coefficient (Wildman–Crippen LogP) is 2.26. The van der Waals surface area contributed by atoms with Gasteiger partial charge in [0.05, 0.1) is 0 Å². The lowest BCUT2D eigenvalue weighted by atomic mass is 9.73. The van der Waals surface area contributed by atoms with E-state index in [-0.39, 0.29) is 11.8 Å². The average molecular weight is 266 g/mol. The van der Waals surface area contributed by atoms with Gasteiger partial charge in [0.25, 0.3) is 12.5 Å². The molecule has 0 amide bonds. The number of esters is 2. The lowest BCUT2D eigenvalue weighted by Gasteiger charge is -2.32. The van der Waals surface area contributed by atoms with Crippen LogP contribution in [0.25, 0.3) is 0 Å². The zero-order chi connectivity index (χ0) is 14.9. The fourth-order valence-electron chi connectivity index (χ4n) is 2.11. The third-order valence-electron chi connectivity index (χ3n) is 3.75. The van der Waals surface area contributed by atoms with Crippen LogP contribution in [0.1, 0.15) is 46.5 Å². The lowest BCUT2D eigenvalue weighted by Crippen LogP contribution is -2.33. The summed E-state index contributed by atoms with van der Waals surface area (Å²) < 4.78 is 8.41. The summed E-state index contributed by atoms with van der Waals surface area (Å²) in [4.78, 5) is 23.3. The van der Waals surface area contributed by atoms with E-state index in [9.17, 15) is 9.59 Å². The molecule has 0 saturated heterocycles. The third-order valence-corrected chi connectivity index (χ3v) is 3.75. The van der Waals surface area contributed by atoms with Crippen LogP contribution in [0.4, 0.5) is 0 Å². The van der Waals surface area contributed by atoms with Crippen molar-refractivity contribution in [2.45, 2.75) is 46.5 Å². The van der Waals surface area contributed by atoms with Gasteiger partial charge in [0.1, 0.15) is 0 Å². The summed E-state index contributed by atoms with van der Waals surface area (Å²) >= 11 is 0. The molecule has 0 heterocycles. The van der Waals surface area contributed by atoms with E-state index in [0.29, 0.717) is 0 Å². The minimum absolute atomic E-state index is 0.206. The number of carbonyl (C=O) groups excluding carboxylic acids is 2. The number of nitrogens with zero attached hydrogens (tertiary/aromatic N) is 2. The van der Waals surface area contributed by atoms with Gasteiger partial charge in [-0.2, -0.15) is 0 Å². The maximum absolute atomic E-state index is 11.6. The summed E-state index contributed by atoms with van der Waals surface area (Å²) in [5.74, 6) is -3.18. The van der Waals surface area contributed by atoms with E-state index in [1.54, 1.807) is 0 Å². The van der Waals surface area contributed by atoms with Crippen molar-refractivity contribution in [1.82, 2.24) is 0 Å². The largest absolute Gasteiger partial charge is 0.350 e. The molecular formula is C13H18N2O4. The van der Waals surface area contributed by atoms with Crippen molar-refractivity contribution in [3.05, 3.63) is 0 Å². The van der Waals surface area contributed by atoms with Crippen molar-refractivity contribution in [3.8, 4) is 12.5 Å². The molecule has 0 aromatic rings. The first-order valence-electron chi connectivity index (χ1n) is 6.19. The molecule has 6 heteroatoms. The maximum Gasteiger partial charge on any atom is 0.335 e. The molecule has 0 spiro atoms. The Balaban J connectivity index is 5.16. The van der Waals surface area contributed by atoms with Gasteiger partial charge in [-0.3, -0.25) is 0 Å². The molecule has 0 N–H and O–H groups in total. The number of rotatable bonds is 7. The smallest absolute Gasteiger partial charge is 0.335 e. The Hall–Kier alpha value is -2.08. The van der Waals surface area contributed by atoms with E-state index in [1.807, 2.05) is 20.8 Å². The summed E-state index contributed by atoms with van der Waals surface area (Å²) in [6.45, 7) is 5.90. The van der Waals surface area contributed by atoms with Crippen LogP contribution in [-0.4, -0.2) is 11.9 Å². The zero-order valence-electron chi connectivity index (χ0n) is 11.4. The molecule has 0 saturated carbocycles. The Kier molecular flexibility index (Phi) is 7.21. The van der Waals surface area contributed by atoms with Crippen molar-refractivity contribution in [1.29, 1.82) is 10.5 Å². The van der Waals surface area contributed by atoms with Crippen LogP contribution in [0.2, 0.25) is 0 Å². The first kappa shape index (κ1) is 16.9. The van der Waals surface area contributed by atoms with E-state index in [2.05, 4.69) is 9.47 Å². The number of ether oxygens (including phenoxy) is 2. The SMILES string of the molecule is CCC(CC)(CC)CC(C(=O)OC#N)C(=O)OC#N. The van der Waals surface area contributed by atoms with Crippen molar-refractivity contribution >= 4 is 11.9 Å². The van der Waals surface area contributed by atoms with Crippen molar-refractivity contribution in [2.24, 2.45) is 11.3 Å². The highest BCUT2D eigenvalue weighted by atomic mass is 16.5. The van der Waals surface area contributed by atoms with Crippen LogP contribution in [0, 0.1) is 34.4 Å². The number of hydrogen-bond acceptors (Lipinski definition) is 6. The van der Waals surface area contributed by atoms with Crippen LogP contribution in [0.3, 0.4) is 0 Å². The van der Waals surface area contributed by atoms with E-state index in [4.69, 9.17) is 10.5 Å². The van der Waals surface area contributed by atoms with Gasteiger partial charge in [-0.05, 0) is 11.8 Å². The Morgan fingerprint density at radius 1 is 1.00 bits per heavy atom. The first-order valence-corrected chi connectivity index (χ1v) is 6.19. The van der Waals surface area contributed by atoms with Gasteiger partial charge in [-0.25, -0.2) is 9.59 Å². The molecule has 0 fully saturated rings. The second-order valence-corrected chi connectivity index (χ2v) is 4.34. The minimum atomic E-state index is -1.24. The molecule has 0 aromatic carbocycles. The van der Waals surface area contributed by atoms with Crippen LogP contribution < -0.4 is 0 Å². The van der Waals surface area contributed by atoms with Gasteiger partial charge in [0, 0.05) is 0 Å². The Morgan fingerprint density at radius 2 is 1.37 bits per heavy atom. The van der Waals surface area contributed by atoms with E-state index >= 15 is 0 Å². The summed E-state index contributed by atoms with van der Waals surface area (Å²) in [5, 5.41) is 16.7. The summed E-state index contributed by atoms with van der Waals surface area (Å²) in [6.07, 6.45) is 5.02. The minimum Gasteiger partial charge on any atom is -0.350 e. The molecular weight excluding hydrogens is 248 g/mol. The summed E-state index contributed by atoms with van der Waals surface area (Å²) in [6, 6.07) is 0. The quantitative estimate of drug-likeness (QED) is 0.398. The fourth-order valence-corrected chi connectivity index (χ4v) is 2.11. The molecule has 0 aliphatic heterocycles. The Morgan fingerprint density at radius 3 is 1.63 bits per heavy atom. The van der Waals surface area contributed by atoms with Crippen LogP contribution in [-0.2, 0) is 19.1 Å². The molecule has 0 rings (SSSR count). The molecule has 0 radical (unpaired) electrons. The molecule has 0 unspecified atom stereocenters. The highest BCUT2D eigenvalue weighted by molar-refractivity contribution is 5.95. The molecule has 0 atom stereocenters. The zero-order valence-corrected chi connectivity index (χ0v) is 11.4. The molecule has 0 aromatic heterocycles. The van der Waals surface area contributed by atoms with Crippen molar-refractivity contribution in [3.63, 3.8) is 0 Å². The number of nitriles is 2. The molecule has 104 valence electrons. The van der Waals surface area contributed by atoms with E-state index < -0.39 is 17.9 Å². The van der Waals surface area contributed by atoms with E-state index in [1.165, 1.54) is 12.5 Å². The van der Waals surface area contributed by atoms with E-state index in [0.717, 1.165) is 19.3 Å². The third kappa shape index (κ3) is 4.59. The molecule has 0 bridgehead atoms. The summed E-state index contributed by atoms with van der Waals surface area (Å²) in [5.41, 5.74) is -0.215. The van der Waals surface area contributed by atoms with Crippen LogP contribution in [0.15, 0.2) is 0 Å². The molecule has 0 aliphatic rings. The monoisotopic (exact) mass is 266 g/mol. The van der Waals surface area contributed by atoms with Crippen LogP contribution in [0.5, 0.6) is 0 Å². The van der Waals surface area contributed by atoms with Gasteiger partial charge in [0.2, 0.25) is 0 Å². The summed E-state index contributed by atoms with van der Waals surface area (Å²) in [7, 11) is 0. The fraction of sp³-hybridized carbons (Fsp3) is 0.692. The normalized spacial score (nSPS) is 10.4. The molecule has 6 nitrogen and oxygen atoms in total. The number of hydrogen-bond donors (Lipinski definition) is 0. The van der Waals surface area contributed by atoms with Gasteiger partial charge < -0.3 is 9.47 Å². The highest BCUT2D eigenvalue weighted by Gasteiger charge is 2.38. The number of carbonyl (C=O) groups is 2. The predicted molar refractivity (Wildman–Crippen MR) is 64.8 cm³/mol. The Bertz CT molecular complexity index is 366. The van der Waals surface area contributed by atoms with Gasteiger partial charge >= 0.3 is 11.9 Å². The standard InChI is InChI=1S/C13H18N2O4/c1-4-13(5-2,6-3)7-10(11(16)18-8-14)12(17)19-9-15/h10H,4-7H2,1-3H3. The average Bonchev–Trinajstić information content (AvgIpc) is 2.41. The first-order chi connectivity index (χ1) is 9.00. The van der Waals surface area contributed by atoms with Crippen LogP contribution >= 0.6 is 0 Å². The van der Waals surface area contributed by atoms with Gasteiger partial charge in [0.15, 0.2) is 5.92 Å². The van der Waals surface area contributed by atoms with Gasteiger partial charge in [-0.15, -0.1) is 10.5 Å². The second kappa shape index (κ2) is 8.10. The Labute approximate surface area is 112 Å². The lowest BCUT2D eigenvalue weighted by molar-refractivity contribution is -0.156. The van der Waals surface area contributed by atoms with Crippen molar-refractivity contribution in [2.75, 3.05) is 0 Å². The maximum atomic E-state index is 11.6. The molecule has 19 heavy (non-hydrogen) atoms. The highest BCUT2D eigenvalue weighted by Crippen LogP contribution is 2.38. The second-order valence-electron chi connectivity index (χ2n) is 4.34. The van der Waals surface area contributed by atoms with Gasteiger partial charge in [-0.1, -0.05) is 40.0 Å².